The third-order valence-corrected chi connectivity index (χ3v) is 4.64. The van der Waals surface area contributed by atoms with Crippen LogP contribution in [-0.2, 0) is 21.3 Å². The van der Waals surface area contributed by atoms with E-state index in [9.17, 15) is 13.5 Å². The highest BCUT2D eigenvalue weighted by Gasteiger charge is 2.33. The fraction of sp³-hybridized carbons (Fsp3) is 0.625. The highest BCUT2D eigenvalue weighted by Crippen LogP contribution is 2.29. The van der Waals surface area contributed by atoms with Gasteiger partial charge in [-0.25, -0.2) is 13.1 Å². The van der Waals surface area contributed by atoms with Crippen molar-refractivity contribution in [2.45, 2.75) is 18.7 Å². The van der Waals surface area contributed by atoms with E-state index in [-0.39, 0.29) is 0 Å². The maximum atomic E-state index is 11.4. The lowest BCUT2D eigenvalue weighted by Gasteiger charge is -2.17. The Bertz CT molecular complexity index is 667. The summed E-state index contributed by atoms with van der Waals surface area (Å²) in [6.07, 6.45) is 0.362. The molecule has 0 saturated carbocycles. The van der Waals surface area contributed by atoms with Crippen LogP contribution in [0.1, 0.15) is 5.56 Å². The maximum absolute atomic E-state index is 11.4. The second-order valence-electron chi connectivity index (χ2n) is 6.08. The molecule has 1 fully saturated rings. The number of hydrogen-bond donors (Lipinski definition) is 2. The van der Waals surface area contributed by atoms with Crippen molar-refractivity contribution in [1.82, 2.24) is 9.62 Å². The van der Waals surface area contributed by atoms with Crippen LogP contribution in [0.2, 0.25) is 0 Å². The molecule has 1 heterocycles. The van der Waals surface area contributed by atoms with Crippen LogP contribution in [0, 0.1) is 0 Å². The van der Waals surface area contributed by atoms with Gasteiger partial charge in [0.25, 0.3) is 0 Å². The SMILES string of the molecule is COCCOc1cc(CN2C[C@@H](O)[C@H](NS(C)(=O)=O)C2)ccc1OC. The quantitative estimate of drug-likeness (QED) is 0.579. The molecule has 2 atom stereocenters. The Kier molecular flexibility index (Phi) is 7.03. The molecule has 8 nitrogen and oxygen atoms in total. The summed E-state index contributed by atoms with van der Waals surface area (Å²) in [6.45, 7) is 2.31. The van der Waals surface area contributed by atoms with Crippen LogP contribution in [0.5, 0.6) is 11.5 Å². The first-order chi connectivity index (χ1) is 11.8. The fourth-order valence-corrected chi connectivity index (χ4v) is 3.59. The topological polar surface area (TPSA) is 97.3 Å². The Morgan fingerprint density at radius 3 is 2.64 bits per heavy atom. The van der Waals surface area contributed by atoms with E-state index in [0.29, 0.717) is 44.3 Å². The molecule has 1 saturated heterocycles. The number of nitrogens with zero attached hydrogens (tertiary/aromatic N) is 1. The molecular formula is C16H26N2O6S. The number of benzene rings is 1. The number of nitrogens with one attached hydrogen (secondary N) is 1. The molecule has 1 aliphatic rings. The van der Waals surface area contributed by atoms with Crippen molar-refractivity contribution in [1.29, 1.82) is 0 Å². The number of hydrogen-bond acceptors (Lipinski definition) is 7. The molecule has 1 aliphatic heterocycles. The van der Waals surface area contributed by atoms with Gasteiger partial charge in [0.15, 0.2) is 11.5 Å². The number of aliphatic hydroxyl groups excluding tert-OH is 1. The van der Waals surface area contributed by atoms with Crippen molar-refractivity contribution in [3.05, 3.63) is 23.8 Å². The molecule has 0 spiro atoms. The lowest BCUT2D eigenvalue weighted by molar-refractivity contribution is 0.144. The Labute approximate surface area is 148 Å². The minimum atomic E-state index is -3.35. The summed E-state index contributed by atoms with van der Waals surface area (Å²) in [7, 11) is -0.163. The Balaban J connectivity index is 2.01. The third-order valence-electron chi connectivity index (χ3n) is 3.91. The van der Waals surface area contributed by atoms with Crippen LogP contribution >= 0.6 is 0 Å². The number of aliphatic hydroxyl groups is 1. The van der Waals surface area contributed by atoms with E-state index in [4.69, 9.17) is 14.2 Å². The molecule has 0 amide bonds. The first kappa shape index (κ1) is 19.9. The van der Waals surface area contributed by atoms with Gasteiger partial charge in [-0.05, 0) is 17.7 Å². The van der Waals surface area contributed by atoms with Crippen molar-refractivity contribution in [2.24, 2.45) is 0 Å². The predicted molar refractivity (Wildman–Crippen MR) is 93.4 cm³/mol. The van der Waals surface area contributed by atoms with E-state index in [1.165, 1.54) is 0 Å². The number of likely N-dealkylation sites (tertiary alicyclic amines) is 1. The molecule has 0 aliphatic carbocycles. The third kappa shape index (κ3) is 6.12. The smallest absolute Gasteiger partial charge is 0.209 e. The lowest BCUT2D eigenvalue weighted by atomic mass is 10.2. The molecule has 0 bridgehead atoms. The van der Waals surface area contributed by atoms with Gasteiger partial charge in [0.05, 0.1) is 32.1 Å². The van der Waals surface area contributed by atoms with E-state index < -0.39 is 22.2 Å². The van der Waals surface area contributed by atoms with Crippen molar-refractivity contribution >= 4 is 10.0 Å². The van der Waals surface area contributed by atoms with Crippen LogP contribution in [0.3, 0.4) is 0 Å². The lowest BCUT2D eigenvalue weighted by Crippen LogP contribution is -2.42. The van der Waals surface area contributed by atoms with Crippen LogP contribution in [0.4, 0.5) is 0 Å². The zero-order chi connectivity index (χ0) is 18.4. The number of rotatable bonds is 9. The summed E-state index contributed by atoms with van der Waals surface area (Å²) in [4.78, 5) is 1.99. The summed E-state index contributed by atoms with van der Waals surface area (Å²) in [5, 5.41) is 10.1. The molecule has 2 N–H and O–H groups in total. The summed E-state index contributed by atoms with van der Waals surface area (Å²) in [5.74, 6) is 1.26. The van der Waals surface area contributed by atoms with Gasteiger partial charge in [-0.15, -0.1) is 0 Å². The summed E-state index contributed by atoms with van der Waals surface area (Å²) in [6, 6.07) is 5.14. The summed E-state index contributed by atoms with van der Waals surface area (Å²) < 4.78 is 41.1. The van der Waals surface area contributed by atoms with Gasteiger partial charge < -0.3 is 19.3 Å². The molecule has 142 valence electrons. The van der Waals surface area contributed by atoms with Crippen molar-refractivity contribution in [3.63, 3.8) is 0 Å². The van der Waals surface area contributed by atoms with Crippen LogP contribution < -0.4 is 14.2 Å². The maximum Gasteiger partial charge on any atom is 0.209 e. The van der Waals surface area contributed by atoms with Crippen LogP contribution in [-0.4, -0.2) is 77.3 Å². The van der Waals surface area contributed by atoms with Gasteiger partial charge in [0, 0.05) is 26.7 Å². The van der Waals surface area contributed by atoms with E-state index in [2.05, 4.69) is 4.72 Å². The van der Waals surface area contributed by atoms with Gasteiger partial charge in [-0.3, -0.25) is 4.90 Å². The van der Waals surface area contributed by atoms with Crippen molar-refractivity contribution in [3.8, 4) is 11.5 Å². The average molecular weight is 374 g/mol. The molecule has 0 radical (unpaired) electrons. The highest BCUT2D eigenvalue weighted by atomic mass is 32.2. The Morgan fingerprint density at radius 2 is 2.00 bits per heavy atom. The van der Waals surface area contributed by atoms with Crippen molar-refractivity contribution in [2.75, 3.05) is 46.8 Å². The second kappa shape index (κ2) is 8.81. The number of β-amino-alcohol motifs (C(OH)–C–C–N with tert-alkyl or cyclic N) is 1. The van der Waals surface area contributed by atoms with Gasteiger partial charge in [0.1, 0.15) is 6.61 Å². The minimum absolute atomic E-state index is 0.402. The normalized spacial score (nSPS) is 21.4. The molecule has 1 aromatic rings. The van der Waals surface area contributed by atoms with Crippen molar-refractivity contribution < 1.29 is 27.7 Å². The number of ether oxygens (including phenoxy) is 3. The second-order valence-corrected chi connectivity index (χ2v) is 7.86. The van der Waals surface area contributed by atoms with E-state index in [1.54, 1.807) is 14.2 Å². The molecule has 9 heteroatoms. The van der Waals surface area contributed by atoms with Gasteiger partial charge >= 0.3 is 0 Å². The fourth-order valence-electron chi connectivity index (χ4n) is 2.81. The van der Waals surface area contributed by atoms with Gasteiger partial charge in [-0.1, -0.05) is 6.07 Å². The monoisotopic (exact) mass is 374 g/mol. The zero-order valence-electron chi connectivity index (χ0n) is 14.8. The zero-order valence-corrected chi connectivity index (χ0v) is 15.6. The Hall–Kier alpha value is -1.39. The minimum Gasteiger partial charge on any atom is -0.493 e. The first-order valence-corrected chi connectivity index (χ1v) is 9.88. The Morgan fingerprint density at radius 1 is 1.24 bits per heavy atom. The number of sulfonamides is 1. The summed E-state index contributed by atoms with van der Waals surface area (Å²) >= 11 is 0. The molecule has 25 heavy (non-hydrogen) atoms. The first-order valence-electron chi connectivity index (χ1n) is 7.98. The van der Waals surface area contributed by atoms with Gasteiger partial charge in [0.2, 0.25) is 10.0 Å². The van der Waals surface area contributed by atoms with Crippen LogP contribution in [0.25, 0.3) is 0 Å². The number of methoxy groups -OCH3 is 2. The molecule has 1 aromatic carbocycles. The molecular weight excluding hydrogens is 348 g/mol. The van der Waals surface area contributed by atoms with Crippen LogP contribution in [0.15, 0.2) is 18.2 Å². The molecule has 0 aromatic heterocycles. The predicted octanol–water partition coefficient (Wildman–Crippen LogP) is -0.185. The standard InChI is InChI=1S/C16H26N2O6S/c1-22-6-7-24-16-8-12(4-5-15(16)23-2)9-18-10-13(14(19)11-18)17-25(3,20)21/h4-5,8,13-14,17,19H,6-7,9-11H2,1-3H3/t13-,14-/m1/s1. The summed E-state index contributed by atoms with van der Waals surface area (Å²) in [5.41, 5.74) is 0.987. The van der Waals surface area contributed by atoms with E-state index in [1.807, 2.05) is 23.1 Å². The molecule has 2 rings (SSSR count). The van der Waals surface area contributed by atoms with Gasteiger partial charge in [-0.2, -0.15) is 0 Å². The largest absolute Gasteiger partial charge is 0.493 e. The average Bonchev–Trinajstić information content (AvgIpc) is 2.85. The van der Waals surface area contributed by atoms with E-state index in [0.717, 1.165) is 11.8 Å². The molecule has 0 unspecified atom stereocenters. The van der Waals surface area contributed by atoms with E-state index >= 15 is 0 Å². The highest BCUT2D eigenvalue weighted by molar-refractivity contribution is 7.88.